The van der Waals surface area contributed by atoms with E-state index in [1.807, 2.05) is 42.5 Å². The van der Waals surface area contributed by atoms with Crippen LogP contribution in [0.25, 0.3) is 20.8 Å². The van der Waals surface area contributed by atoms with Gasteiger partial charge in [-0.1, -0.05) is 12.1 Å². The molecule has 0 saturated carbocycles. The van der Waals surface area contributed by atoms with Crippen LogP contribution in [0.5, 0.6) is 0 Å². The number of hydrogen-bond acceptors (Lipinski definition) is 5. The maximum Gasteiger partial charge on any atom is 0.409 e. The van der Waals surface area contributed by atoms with E-state index in [2.05, 4.69) is 16.4 Å². The Morgan fingerprint density at radius 1 is 1.14 bits per heavy atom. The molecule has 1 aliphatic rings. The third-order valence-electron chi connectivity index (χ3n) is 5.09. The molecule has 7 heteroatoms. The Balaban J connectivity index is 1.35. The quantitative estimate of drug-likeness (QED) is 0.674. The van der Waals surface area contributed by atoms with E-state index < -0.39 is 0 Å². The number of carbonyl (C=O) groups excluding carboxylic acids is 2. The summed E-state index contributed by atoms with van der Waals surface area (Å²) < 4.78 is 6.18. The van der Waals surface area contributed by atoms with Gasteiger partial charge in [-0.25, -0.2) is 9.78 Å². The first kappa shape index (κ1) is 19.4. The van der Waals surface area contributed by atoms with Crippen LogP contribution >= 0.6 is 11.3 Å². The first-order chi connectivity index (χ1) is 14.1. The van der Waals surface area contributed by atoms with Crippen molar-refractivity contribution >= 4 is 39.2 Å². The van der Waals surface area contributed by atoms with Gasteiger partial charge in [0.15, 0.2) is 0 Å². The second kappa shape index (κ2) is 8.61. The topological polar surface area (TPSA) is 71.5 Å². The molecule has 150 valence electrons. The summed E-state index contributed by atoms with van der Waals surface area (Å²) in [5, 5.41) is 3.96. The van der Waals surface area contributed by atoms with Gasteiger partial charge in [-0.05, 0) is 56.2 Å². The number of nitrogens with zero attached hydrogens (tertiary/aromatic N) is 2. The van der Waals surface area contributed by atoms with Crippen molar-refractivity contribution in [3.8, 4) is 10.6 Å². The lowest BCUT2D eigenvalue weighted by Crippen LogP contribution is -2.41. The van der Waals surface area contributed by atoms with Gasteiger partial charge in [0.2, 0.25) is 5.91 Å². The molecule has 1 fully saturated rings. The van der Waals surface area contributed by atoms with E-state index in [0.717, 1.165) is 26.5 Å². The van der Waals surface area contributed by atoms with E-state index in [1.54, 1.807) is 23.2 Å². The molecule has 0 unspecified atom stereocenters. The number of ether oxygens (including phenoxy) is 1. The van der Waals surface area contributed by atoms with Gasteiger partial charge in [-0.3, -0.25) is 4.79 Å². The average molecular weight is 410 g/mol. The van der Waals surface area contributed by atoms with Crippen LogP contribution < -0.4 is 5.32 Å². The van der Waals surface area contributed by atoms with Crippen LogP contribution in [0.1, 0.15) is 19.8 Å². The summed E-state index contributed by atoms with van der Waals surface area (Å²) in [6, 6.07) is 15.9. The summed E-state index contributed by atoms with van der Waals surface area (Å²) in [7, 11) is 0. The number of aromatic nitrogens is 1. The first-order valence-corrected chi connectivity index (χ1v) is 10.6. The van der Waals surface area contributed by atoms with E-state index >= 15 is 0 Å². The molecule has 0 radical (unpaired) electrons. The SMILES string of the molecule is CCOC(=O)N1CCC(C(=O)Nc2ccc(-c3nc4ccccc4s3)cc2)CC1. The Morgan fingerprint density at radius 3 is 2.55 bits per heavy atom. The number of amides is 2. The Bertz CT molecular complexity index is 975. The minimum Gasteiger partial charge on any atom is -0.450 e. The average Bonchev–Trinajstić information content (AvgIpc) is 3.19. The molecule has 1 saturated heterocycles. The van der Waals surface area contributed by atoms with Crippen molar-refractivity contribution in [2.45, 2.75) is 19.8 Å². The largest absolute Gasteiger partial charge is 0.450 e. The van der Waals surface area contributed by atoms with Gasteiger partial charge in [0.05, 0.1) is 16.8 Å². The minimum atomic E-state index is -0.295. The minimum absolute atomic E-state index is 0.00115. The number of fused-ring (bicyclic) bond motifs is 1. The van der Waals surface area contributed by atoms with Crippen molar-refractivity contribution in [3.05, 3.63) is 48.5 Å². The third kappa shape index (κ3) is 4.40. The fraction of sp³-hybridized carbons (Fsp3) is 0.318. The van der Waals surface area contributed by atoms with Gasteiger partial charge in [0.1, 0.15) is 5.01 Å². The Labute approximate surface area is 173 Å². The van der Waals surface area contributed by atoms with Crippen molar-refractivity contribution in [3.63, 3.8) is 0 Å². The summed E-state index contributed by atoms with van der Waals surface area (Å²) in [5.74, 6) is -0.0918. The molecule has 6 nitrogen and oxygen atoms in total. The van der Waals surface area contributed by atoms with Crippen LogP contribution in [0, 0.1) is 5.92 Å². The number of anilines is 1. The predicted octanol–water partition coefficient (Wildman–Crippen LogP) is 4.77. The normalized spacial score (nSPS) is 14.7. The van der Waals surface area contributed by atoms with Gasteiger partial charge >= 0.3 is 6.09 Å². The van der Waals surface area contributed by atoms with Crippen LogP contribution in [0.4, 0.5) is 10.5 Å². The number of para-hydroxylation sites is 1. The molecule has 1 aromatic heterocycles. The summed E-state index contributed by atoms with van der Waals surface area (Å²) in [6.07, 6.45) is 1.000. The zero-order chi connectivity index (χ0) is 20.2. The van der Waals surface area contributed by atoms with Crippen molar-refractivity contribution in [2.24, 2.45) is 5.92 Å². The summed E-state index contributed by atoms with van der Waals surface area (Å²) in [6.45, 7) is 3.26. The van der Waals surface area contributed by atoms with Crippen molar-refractivity contribution in [2.75, 3.05) is 25.0 Å². The lowest BCUT2D eigenvalue weighted by Gasteiger charge is -2.30. The maximum absolute atomic E-state index is 12.6. The van der Waals surface area contributed by atoms with E-state index in [1.165, 1.54) is 0 Å². The molecule has 0 atom stereocenters. The molecular weight excluding hydrogens is 386 g/mol. The lowest BCUT2D eigenvalue weighted by atomic mass is 9.96. The molecule has 2 aromatic carbocycles. The fourth-order valence-corrected chi connectivity index (χ4v) is 4.45. The molecule has 1 aliphatic heterocycles. The van der Waals surface area contributed by atoms with Crippen LogP contribution in [0.15, 0.2) is 48.5 Å². The van der Waals surface area contributed by atoms with Gasteiger partial charge in [0.25, 0.3) is 0 Å². The number of piperidine rings is 1. The Morgan fingerprint density at radius 2 is 1.86 bits per heavy atom. The zero-order valence-corrected chi connectivity index (χ0v) is 17.1. The van der Waals surface area contributed by atoms with Crippen LogP contribution in [-0.4, -0.2) is 41.6 Å². The number of thiazole rings is 1. The number of nitrogens with one attached hydrogen (secondary N) is 1. The smallest absolute Gasteiger partial charge is 0.409 e. The predicted molar refractivity (Wildman–Crippen MR) is 115 cm³/mol. The third-order valence-corrected chi connectivity index (χ3v) is 6.17. The molecule has 0 bridgehead atoms. The maximum atomic E-state index is 12.6. The second-order valence-corrected chi connectivity index (χ2v) is 8.04. The Hall–Kier alpha value is -2.93. The fourth-order valence-electron chi connectivity index (χ4n) is 3.48. The van der Waals surface area contributed by atoms with E-state index in [-0.39, 0.29) is 17.9 Å². The molecule has 29 heavy (non-hydrogen) atoms. The van der Waals surface area contributed by atoms with E-state index in [0.29, 0.717) is 32.5 Å². The molecule has 2 heterocycles. The molecule has 1 N–H and O–H groups in total. The van der Waals surface area contributed by atoms with Crippen LogP contribution in [0.2, 0.25) is 0 Å². The van der Waals surface area contributed by atoms with Crippen molar-refractivity contribution in [1.82, 2.24) is 9.88 Å². The Kier molecular flexibility index (Phi) is 5.76. The molecule has 0 aliphatic carbocycles. The van der Waals surface area contributed by atoms with Crippen molar-refractivity contribution < 1.29 is 14.3 Å². The van der Waals surface area contributed by atoms with Gasteiger partial charge in [-0.2, -0.15) is 0 Å². The second-order valence-electron chi connectivity index (χ2n) is 7.01. The molecule has 3 aromatic rings. The van der Waals surface area contributed by atoms with Gasteiger partial charge < -0.3 is 15.0 Å². The zero-order valence-electron chi connectivity index (χ0n) is 16.3. The summed E-state index contributed by atoms with van der Waals surface area (Å²) in [5.41, 5.74) is 2.80. The molecule has 4 rings (SSSR count). The highest BCUT2D eigenvalue weighted by atomic mass is 32.1. The first-order valence-electron chi connectivity index (χ1n) is 9.82. The number of benzene rings is 2. The number of carbonyl (C=O) groups is 2. The molecule has 0 spiro atoms. The highest BCUT2D eigenvalue weighted by molar-refractivity contribution is 7.21. The number of likely N-dealkylation sites (tertiary alicyclic amines) is 1. The monoisotopic (exact) mass is 409 g/mol. The van der Waals surface area contributed by atoms with Gasteiger partial charge in [0, 0.05) is 30.3 Å². The molecular formula is C22H23N3O3S. The number of hydrogen-bond donors (Lipinski definition) is 1. The van der Waals surface area contributed by atoms with Crippen molar-refractivity contribution in [1.29, 1.82) is 0 Å². The highest BCUT2D eigenvalue weighted by Crippen LogP contribution is 2.30. The van der Waals surface area contributed by atoms with E-state index in [4.69, 9.17) is 4.74 Å². The van der Waals surface area contributed by atoms with Gasteiger partial charge in [-0.15, -0.1) is 11.3 Å². The summed E-state index contributed by atoms with van der Waals surface area (Å²) in [4.78, 5) is 30.7. The van der Waals surface area contributed by atoms with Crippen LogP contribution in [0.3, 0.4) is 0 Å². The van der Waals surface area contributed by atoms with Crippen LogP contribution in [-0.2, 0) is 9.53 Å². The summed E-state index contributed by atoms with van der Waals surface area (Å²) >= 11 is 1.66. The number of rotatable bonds is 4. The lowest BCUT2D eigenvalue weighted by molar-refractivity contribution is -0.121. The van der Waals surface area contributed by atoms with E-state index in [9.17, 15) is 9.59 Å². The standard InChI is InChI=1S/C22H23N3O3S/c1-2-28-22(27)25-13-11-15(12-14-25)20(26)23-17-9-7-16(8-10-17)21-24-18-5-3-4-6-19(18)29-21/h3-10,15H,2,11-14H2,1H3,(H,23,26). The molecule has 2 amide bonds. The highest BCUT2D eigenvalue weighted by Gasteiger charge is 2.27.